The molecule has 2 aliphatic rings. The van der Waals surface area contributed by atoms with E-state index in [9.17, 15) is 0 Å². The first kappa shape index (κ1) is 11.1. The second kappa shape index (κ2) is 3.76. The van der Waals surface area contributed by atoms with Crippen LogP contribution in [0.1, 0.15) is 51.8 Å². The minimum Gasteiger partial charge on any atom is -0.370 e. The Balaban J connectivity index is 1.89. The highest BCUT2D eigenvalue weighted by Crippen LogP contribution is 2.56. The number of aromatic nitrogens is 2. The van der Waals surface area contributed by atoms with E-state index < -0.39 is 0 Å². The maximum Gasteiger partial charge on any atom is 0.124 e. The summed E-state index contributed by atoms with van der Waals surface area (Å²) < 4.78 is 2.27. The van der Waals surface area contributed by atoms with Crippen LogP contribution in [-0.4, -0.2) is 16.3 Å². The van der Waals surface area contributed by atoms with Crippen molar-refractivity contribution >= 4 is 5.82 Å². The normalized spacial score (nSPS) is 25.5. The third-order valence-corrected chi connectivity index (χ3v) is 4.27. The van der Waals surface area contributed by atoms with Gasteiger partial charge in [-0.1, -0.05) is 20.8 Å². The fraction of sp³-hybridized carbons (Fsp3) is 0.786. The molecule has 1 aliphatic heterocycles. The first-order chi connectivity index (χ1) is 8.08. The van der Waals surface area contributed by atoms with Crippen molar-refractivity contribution in [1.82, 2.24) is 9.78 Å². The number of anilines is 1. The summed E-state index contributed by atoms with van der Waals surface area (Å²) in [5.74, 6) is 1.92. The molecule has 1 N–H and O–H groups in total. The highest BCUT2D eigenvalue weighted by atomic mass is 15.4. The van der Waals surface area contributed by atoms with Crippen molar-refractivity contribution in [2.24, 2.45) is 11.3 Å². The molecule has 1 aromatic rings. The molecule has 1 fully saturated rings. The first-order valence-corrected chi connectivity index (χ1v) is 6.91. The maximum atomic E-state index is 4.83. The molecule has 3 heteroatoms. The number of nitrogens with zero attached hydrogens (tertiary/aromatic N) is 2. The minimum atomic E-state index is 0.526. The van der Waals surface area contributed by atoms with Crippen molar-refractivity contribution < 1.29 is 0 Å². The standard InChI is InChI=1S/C14H23N3/c1-10(2)8-11-9-13-15-7-4-12(17(13)16-11)14(3)5-6-14/h9-10,12,15H,4-8H2,1-3H3. The lowest BCUT2D eigenvalue weighted by atomic mass is 9.95. The van der Waals surface area contributed by atoms with Gasteiger partial charge in [0.2, 0.25) is 0 Å². The summed E-state index contributed by atoms with van der Waals surface area (Å²) in [6.07, 6.45) is 5.06. The largest absolute Gasteiger partial charge is 0.370 e. The Kier molecular flexibility index (Phi) is 2.46. The lowest BCUT2D eigenvalue weighted by molar-refractivity contribution is 0.283. The molecule has 1 atom stereocenters. The summed E-state index contributed by atoms with van der Waals surface area (Å²) in [5, 5.41) is 8.32. The van der Waals surface area contributed by atoms with Crippen molar-refractivity contribution in [2.45, 2.75) is 52.5 Å². The monoisotopic (exact) mass is 233 g/mol. The zero-order chi connectivity index (χ0) is 12.0. The Morgan fingerprint density at radius 2 is 2.29 bits per heavy atom. The van der Waals surface area contributed by atoms with Gasteiger partial charge in [0.15, 0.2) is 0 Å². The van der Waals surface area contributed by atoms with Crippen LogP contribution < -0.4 is 5.32 Å². The van der Waals surface area contributed by atoms with Gasteiger partial charge in [0.25, 0.3) is 0 Å². The van der Waals surface area contributed by atoms with Crippen LogP contribution in [0.5, 0.6) is 0 Å². The molecule has 94 valence electrons. The van der Waals surface area contributed by atoms with Crippen LogP contribution in [0.4, 0.5) is 5.82 Å². The molecule has 1 aromatic heterocycles. The summed E-state index contributed by atoms with van der Waals surface area (Å²) in [7, 11) is 0. The van der Waals surface area contributed by atoms with Crippen molar-refractivity contribution in [3.05, 3.63) is 11.8 Å². The molecular weight excluding hydrogens is 210 g/mol. The van der Waals surface area contributed by atoms with E-state index in [2.05, 4.69) is 36.8 Å². The Bertz CT molecular complexity index is 415. The predicted octanol–water partition coefficient (Wildman–Crippen LogP) is 3.24. The molecule has 0 aromatic carbocycles. The summed E-state index contributed by atoms with van der Waals surface area (Å²) >= 11 is 0. The van der Waals surface area contributed by atoms with Gasteiger partial charge in [0.1, 0.15) is 5.82 Å². The fourth-order valence-corrected chi connectivity index (χ4v) is 2.97. The van der Waals surface area contributed by atoms with Gasteiger partial charge in [-0.15, -0.1) is 0 Å². The molecular formula is C14H23N3. The van der Waals surface area contributed by atoms with Gasteiger partial charge in [-0.05, 0) is 37.0 Å². The second-order valence-corrected chi connectivity index (χ2v) is 6.45. The van der Waals surface area contributed by atoms with Gasteiger partial charge in [-0.2, -0.15) is 5.10 Å². The summed E-state index contributed by atoms with van der Waals surface area (Å²) in [4.78, 5) is 0. The van der Waals surface area contributed by atoms with E-state index in [1.807, 2.05) is 0 Å². The molecule has 1 saturated carbocycles. The Hall–Kier alpha value is -0.990. The number of hydrogen-bond acceptors (Lipinski definition) is 2. The molecule has 0 amide bonds. The summed E-state index contributed by atoms with van der Waals surface area (Å²) in [5.41, 5.74) is 1.77. The first-order valence-electron chi connectivity index (χ1n) is 6.91. The maximum absolute atomic E-state index is 4.83. The third-order valence-electron chi connectivity index (χ3n) is 4.27. The lowest BCUT2D eigenvalue weighted by Gasteiger charge is -2.30. The van der Waals surface area contributed by atoms with Gasteiger partial charge >= 0.3 is 0 Å². The molecule has 17 heavy (non-hydrogen) atoms. The fourth-order valence-electron chi connectivity index (χ4n) is 2.97. The second-order valence-electron chi connectivity index (χ2n) is 6.45. The van der Waals surface area contributed by atoms with E-state index >= 15 is 0 Å². The number of nitrogens with one attached hydrogen (secondary N) is 1. The summed E-state index contributed by atoms with van der Waals surface area (Å²) in [6.45, 7) is 8.03. The topological polar surface area (TPSA) is 29.9 Å². The number of rotatable bonds is 3. The molecule has 1 unspecified atom stereocenters. The van der Waals surface area contributed by atoms with Crippen molar-refractivity contribution in [1.29, 1.82) is 0 Å². The zero-order valence-corrected chi connectivity index (χ0v) is 11.2. The van der Waals surface area contributed by atoms with Crippen LogP contribution in [0.25, 0.3) is 0 Å². The third kappa shape index (κ3) is 1.96. The number of hydrogen-bond donors (Lipinski definition) is 1. The summed E-state index contributed by atoms with van der Waals surface area (Å²) in [6, 6.07) is 2.87. The number of fused-ring (bicyclic) bond motifs is 1. The molecule has 0 radical (unpaired) electrons. The van der Waals surface area contributed by atoms with Gasteiger partial charge in [0, 0.05) is 12.6 Å². The van der Waals surface area contributed by atoms with Gasteiger partial charge in [-0.3, -0.25) is 0 Å². The molecule has 3 nitrogen and oxygen atoms in total. The highest BCUT2D eigenvalue weighted by molar-refractivity contribution is 5.40. The SMILES string of the molecule is CC(C)Cc1cc2n(n1)C(C1(C)CC1)CCN2. The quantitative estimate of drug-likeness (QED) is 0.868. The molecule has 0 bridgehead atoms. The van der Waals surface area contributed by atoms with Crippen LogP contribution in [-0.2, 0) is 6.42 Å². The van der Waals surface area contributed by atoms with E-state index in [0.29, 0.717) is 17.4 Å². The zero-order valence-electron chi connectivity index (χ0n) is 11.2. The molecule has 3 rings (SSSR count). The van der Waals surface area contributed by atoms with E-state index in [-0.39, 0.29) is 0 Å². The molecule has 0 saturated heterocycles. The van der Waals surface area contributed by atoms with E-state index in [4.69, 9.17) is 5.10 Å². The van der Waals surface area contributed by atoms with Gasteiger partial charge < -0.3 is 5.32 Å². The molecule has 0 spiro atoms. The van der Waals surface area contributed by atoms with Crippen LogP contribution in [0.3, 0.4) is 0 Å². The Morgan fingerprint density at radius 1 is 1.53 bits per heavy atom. The van der Waals surface area contributed by atoms with Crippen molar-refractivity contribution in [3.8, 4) is 0 Å². The van der Waals surface area contributed by atoms with Crippen LogP contribution in [0, 0.1) is 11.3 Å². The Morgan fingerprint density at radius 3 is 2.94 bits per heavy atom. The lowest BCUT2D eigenvalue weighted by Crippen LogP contribution is -2.28. The van der Waals surface area contributed by atoms with E-state index in [1.165, 1.54) is 30.8 Å². The van der Waals surface area contributed by atoms with Crippen molar-refractivity contribution in [2.75, 3.05) is 11.9 Å². The molecule has 1 aliphatic carbocycles. The minimum absolute atomic E-state index is 0.526. The Labute approximate surface area is 104 Å². The average molecular weight is 233 g/mol. The van der Waals surface area contributed by atoms with Crippen LogP contribution >= 0.6 is 0 Å². The van der Waals surface area contributed by atoms with E-state index in [1.54, 1.807) is 0 Å². The van der Waals surface area contributed by atoms with Crippen molar-refractivity contribution in [3.63, 3.8) is 0 Å². The van der Waals surface area contributed by atoms with Gasteiger partial charge in [-0.25, -0.2) is 4.68 Å². The smallest absolute Gasteiger partial charge is 0.124 e. The van der Waals surface area contributed by atoms with Gasteiger partial charge in [0.05, 0.1) is 11.7 Å². The molecule has 2 heterocycles. The highest BCUT2D eigenvalue weighted by Gasteiger charge is 2.47. The van der Waals surface area contributed by atoms with Crippen LogP contribution in [0.15, 0.2) is 6.07 Å². The van der Waals surface area contributed by atoms with E-state index in [0.717, 1.165) is 13.0 Å². The average Bonchev–Trinajstić information content (AvgIpc) is 2.88. The van der Waals surface area contributed by atoms with Crippen LogP contribution in [0.2, 0.25) is 0 Å². The predicted molar refractivity (Wildman–Crippen MR) is 70.3 cm³/mol.